The Labute approximate surface area is 95.2 Å². The SMILES string of the molecule is Cc1cc(C)c2c(c1)C=C(/C=C/C=O)CO2. The molecule has 0 spiro atoms. The molecule has 1 aromatic rings. The van der Waals surface area contributed by atoms with Gasteiger partial charge in [0.15, 0.2) is 0 Å². The molecule has 0 saturated carbocycles. The highest BCUT2D eigenvalue weighted by molar-refractivity contribution is 5.70. The largest absolute Gasteiger partial charge is 0.488 e. The van der Waals surface area contributed by atoms with Crippen LogP contribution in [0.25, 0.3) is 6.08 Å². The molecule has 0 amide bonds. The van der Waals surface area contributed by atoms with Gasteiger partial charge in [-0.15, -0.1) is 0 Å². The normalized spacial score (nSPS) is 14.2. The summed E-state index contributed by atoms with van der Waals surface area (Å²) < 4.78 is 5.68. The Morgan fingerprint density at radius 3 is 2.88 bits per heavy atom. The number of rotatable bonds is 2. The Balaban J connectivity index is 2.43. The van der Waals surface area contributed by atoms with Gasteiger partial charge in [-0.05, 0) is 43.2 Å². The maximum absolute atomic E-state index is 10.2. The molecule has 0 saturated heterocycles. The van der Waals surface area contributed by atoms with Crippen LogP contribution in [0, 0.1) is 13.8 Å². The predicted octanol–water partition coefficient (Wildman–Crippen LogP) is 2.83. The van der Waals surface area contributed by atoms with E-state index in [-0.39, 0.29) is 0 Å². The minimum absolute atomic E-state index is 0.529. The maximum Gasteiger partial charge on any atom is 0.142 e. The number of hydrogen-bond acceptors (Lipinski definition) is 2. The van der Waals surface area contributed by atoms with Gasteiger partial charge < -0.3 is 4.74 Å². The van der Waals surface area contributed by atoms with E-state index in [9.17, 15) is 4.79 Å². The maximum atomic E-state index is 10.2. The third-order valence-corrected chi connectivity index (χ3v) is 2.56. The number of carbonyl (C=O) groups excluding carboxylic acids is 1. The van der Waals surface area contributed by atoms with E-state index in [4.69, 9.17) is 4.74 Å². The Kier molecular flexibility index (Phi) is 2.91. The molecule has 1 aromatic carbocycles. The fourth-order valence-corrected chi connectivity index (χ4v) is 1.95. The van der Waals surface area contributed by atoms with Gasteiger partial charge in [0.25, 0.3) is 0 Å². The van der Waals surface area contributed by atoms with Crippen molar-refractivity contribution in [1.29, 1.82) is 0 Å². The van der Waals surface area contributed by atoms with Crippen molar-refractivity contribution in [3.05, 3.63) is 46.5 Å². The summed E-state index contributed by atoms with van der Waals surface area (Å²) in [4.78, 5) is 10.2. The average molecular weight is 214 g/mol. The van der Waals surface area contributed by atoms with Crippen molar-refractivity contribution in [2.75, 3.05) is 6.61 Å². The zero-order valence-corrected chi connectivity index (χ0v) is 9.49. The minimum atomic E-state index is 0.529. The smallest absolute Gasteiger partial charge is 0.142 e. The van der Waals surface area contributed by atoms with Crippen molar-refractivity contribution in [3.8, 4) is 5.75 Å². The third-order valence-electron chi connectivity index (χ3n) is 2.56. The molecule has 0 atom stereocenters. The van der Waals surface area contributed by atoms with Crippen molar-refractivity contribution in [3.63, 3.8) is 0 Å². The second-order valence-corrected chi connectivity index (χ2v) is 4.00. The van der Waals surface area contributed by atoms with Gasteiger partial charge in [0.2, 0.25) is 0 Å². The Morgan fingerprint density at radius 2 is 2.12 bits per heavy atom. The van der Waals surface area contributed by atoms with E-state index in [0.717, 1.165) is 28.7 Å². The van der Waals surface area contributed by atoms with Crippen LogP contribution in [0.15, 0.2) is 29.9 Å². The molecule has 0 radical (unpaired) electrons. The minimum Gasteiger partial charge on any atom is -0.488 e. The van der Waals surface area contributed by atoms with Gasteiger partial charge in [-0.1, -0.05) is 17.7 Å². The molecule has 2 nitrogen and oxygen atoms in total. The van der Waals surface area contributed by atoms with Crippen LogP contribution in [0.4, 0.5) is 0 Å². The van der Waals surface area contributed by atoms with Gasteiger partial charge in [0.1, 0.15) is 18.6 Å². The first-order valence-corrected chi connectivity index (χ1v) is 5.27. The van der Waals surface area contributed by atoms with Gasteiger partial charge in [-0.3, -0.25) is 4.79 Å². The van der Waals surface area contributed by atoms with E-state index >= 15 is 0 Å². The van der Waals surface area contributed by atoms with Crippen LogP contribution >= 0.6 is 0 Å². The van der Waals surface area contributed by atoms with Crippen LogP contribution in [0.3, 0.4) is 0 Å². The summed E-state index contributed by atoms with van der Waals surface area (Å²) in [6, 6.07) is 4.20. The van der Waals surface area contributed by atoms with Crippen molar-refractivity contribution < 1.29 is 9.53 Å². The lowest BCUT2D eigenvalue weighted by molar-refractivity contribution is -0.104. The highest BCUT2D eigenvalue weighted by atomic mass is 16.5. The molecule has 0 aromatic heterocycles. The first kappa shape index (κ1) is 10.7. The summed E-state index contributed by atoms with van der Waals surface area (Å²) in [6.07, 6.45) is 6.12. The molecule has 1 aliphatic rings. The summed E-state index contributed by atoms with van der Waals surface area (Å²) in [7, 11) is 0. The molecule has 2 heteroatoms. The molecular formula is C14H14O2. The number of allylic oxidation sites excluding steroid dienone is 1. The number of hydrogen-bond donors (Lipinski definition) is 0. The third kappa shape index (κ3) is 2.06. The van der Waals surface area contributed by atoms with Crippen LogP contribution in [-0.4, -0.2) is 12.9 Å². The molecule has 16 heavy (non-hydrogen) atoms. The molecule has 0 unspecified atom stereocenters. The van der Waals surface area contributed by atoms with E-state index in [0.29, 0.717) is 6.61 Å². The molecule has 0 bridgehead atoms. The summed E-state index contributed by atoms with van der Waals surface area (Å²) in [5.74, 6) is 0.953. The molecule has 2 rings (SSSR count). The van der Waals surface area contributed by atoms with E-state index in [1.807, 2.05) is 6.92 Å². The van der Waals surface area contributed by atoms with E-state index in [1.165, 1.54) is 11.6 Å². The molecule has 0 aliphatic carbocycles. The summed E-state index contributed by atoms with van der Waals surface area (Å²) >= 11 is 0. The van der Waals surface area contributed by atoms with Crippen molar-refractivity contribution in [2.45, 2.75) is 13.8 Å². The van der Waals surface area contributed by atoms with Gasteiger partial charge in [0, 0.05) is 5.56 Å². The second kappa shape index (κ2) is 4.35. The zero-order chi connectivity index (χ0) is 11.5. The Hall–Kier alpha value is -1.83. The zero-order valence-electron chi connectivity index (χ0n) is 9.49. The second-order valence-electron chi connectivity index (χ2n) is 4.00. The van der Waals surface area contributed by atoms with Crippen molar-refractivity contribution in [2.24, 2.45) is 0 Å². The number of benzene rings is 1. The van der Waals surface area contributed by atoms with E-state index in [1.54, 1.807) is 6.08 Å². The van der Waals surface area contributed by atoms with Gasteiger partial charge in [-0.25, -0.2) is 0 Å². The van der Waals surface area contributed by atoms with Crippen LogP contribution < -0.4 is 4.74 Å². The molecule has 82 valence electrons. The number of ether oxygens (including phenoxy) is 1. The average Bonchev–Trinajstić information content (AvgIpc) is 2.25. The summed E-state index contributed by atoms with van der Waals surface area (Å²) in [5, 5.41) is 0. The first-order valence-electron chi connectivity index (χ1n) is 5.27. The lowest BCUT2D eigenvalue weighted by atomic mass is 10.0. The molecule has 0 N–H and O–H groups in total. The molecule has 0 fully saturated rings. The summed E-state index contributed by atoms with van der Waals surface area (Å²) in [6.45, 7) is 4.64. The Bertz CT molecular complexity index is 482. The highest BCUT2D eigenvalue weighted by Crippen LogP contribution is 2.31. The fraction of sp³-hybridized carbons (Fsp3) is 0.214. The van der Waals surface area contributed by atoms with Crippen molar-refractivity contribution in [1.82, 2.24) is 0 Å². The van der Waals surface area contributed by atoms with Gasteiger partial charge >= 0.3 is 0 Å². The van der Waals surface area contributed by atoms with Crippen LogP contribution in [0.1, 0.15) is 16.7 Å². The van der Waals surface area contributed by atoms with Crippen molar-refractivity contribution >= 4 is 12.4 Å². The van der Waals surface area contributed by atoms with Crippen LogP contribution in [0.2, 0.25) is 0 Å². The van der Waals surface area contributed by atoms with E-state index < -0.39 is 0 Å². The fourth-order valence-electron chi connectivity index (χ4n) is 1.95. The number of aryl methyl sites for hydroxylation is 2. The lowest BCUT2D eigenvalue weighted by Crippen LogP contribution is -2.07. The van der Waals surface area contributed by atoms with Gasteiger partial charge in [-0.2, -0.15) is 0 Å². The number of aldehydes is 1. The number of fused-ring (bicyclic) bond motifs is 1. The number of carbonyl (C=O) groups is 1. The van der Waals surface area contributed by atoms with Crippen LogP contribution in [-0.2, 0) is 4.79 Å². The molecular weight excluding hydrogens is 200 g/mol. The van der Waals surface area contributed by atoms with Gasteiger partial charge in [0.05, 0.1) is 0 Å². The Morgan fingerprint density at radius 1 is 1.31 bits per heavy atom. The van der Waals surface area contributed by atoms with Crippen LogP contribution in [0.5, 0.6) is 5.75 Å². The molecule has 1 aliphatic heterocycles. The predicted molar refractivity (Wildman–Crippen MR) is 64.6 cm³/mol. The first-order chi connectivity index (χ1) is 7.70. The standard InChI is InChI=1S/C14H14O2/c1-10-6-11(2)14-13(7-10)8-12(9-16-14)4-3-5-15/h3-8H,9H2,1-2H3/b4-3+. The lowest BCUT2D eigenvalue weighted by Gasteiger charge is -2.18. The highest BCUT2D eigenvalue weighted by Gasteiger charge is 2.12. The van der Waals surface area contributed by atoms with E-state index in [2.05, 4.69) is 25.1 Å². The topological polar surface area (TPSA) is 26.3 Å². The molecule has 1 heterocycles. The monoisotopic (exact) mass is 214 g/mol. The quantitative estimate of drug-likeness (QED) is 0.559. The summed E-state index contributed by atoms with van der Waals surface area (Å²) in [5.41, 5.74) is 4.49.